The Kier molecular flexibility index (Phi) is 5.03. The van der Waals surface area contributed by atoms with E-state index in [-0.39, 0.29) is 12.5 Å². The second-order valence-corrected chi connectivity index (χ2v) is 6.53. The summed E-state index contributed by atoms with van der Waals surface area (Å²) in [7, 11) is 3.16. The summed E-state index contributed by atoms with van der Waals surface area (Å²) in [6.07, 6.45) is 0.702. The van der Waals surface area contributed by atoms with E-state index in [1.54, 1.807) is 38.2 Å². The highest BCUT2D eigenvalue weighted by Gasteiger charge is 2.26. The Bertz CT molecular complexity index is 1050. The fourth-order valence-electron chi connectivity index (χ4n) is 3.27. The van der Waals surface area contributed by atoms with E-state index in [1.807, 2.05) is 18.2 Å². The number of anilines is 2. The highest BCUT2D eigenvalue weighted by Crippen LogP contribution is 2.31. The lowest BCUT2D eigenvalue weighted by molar-refractivity contribution is -0.116. The van der Waals surface area contributed by atoms with Gasteiger partial charge in [0, 0.05) is 24.6 Å². The van der Waals surface area contributed by atoms with Gasteiger partial charge >= 0.3 is 0 Å². The Labute approximate surface area is 167 Å². The Morgan fingerprint density at radius 1 is 1.21 bits per heavy atom. The number of fused-ring (bicyclic) bond motifs is 1. The van der Waals surface area contributed by atoms with Crippen molar-refractivity contribution in [1.82, 2.24) is 15.1 Å². The van der Waals surface area contributed by atoms with Gasteiger partial charge in [-0.1, -0.05) is 5.16 Å². The summed E-state index contributed by atoms with van der Waals surface area (Å²) in [5.74, 6) is 2.07. The molecule has 1 aromatic carbocycles. The number of rotatable bonds is 6. The zero-order valence-electron chi connectivity index (χ0n) is 16.4. The van der Waals surface area contributed by atoms with E-state index in [0.717, 1.165) is 16.9 Å². The number of hydrogen-bond donors (Lipinski definition) is 1. The summed E-state index contributed by atoms with van der Waals surface area (Å²) >= 11 is 0. The number of amides is 1. The molecule has 1 amide bonds. The van der Waals surface area contributed by atoms with Crippen LogP contribution in [0.2, 0.25) is 0 Å². The van der Waals surface area contributed by atoms with E-state index in [1.165, 1.54) is 0 Å². The third-order valence-corrected chi connectivity index (χ3v) is 4.70. The van der Waals surface area contributed by atoms with Crippen molar-refractivity contribution < 1.29 is 18.8 Å². The number of nitrogens with zero attached hydrogens (tertiary/aromatic N) is 4. The van der Waals surface area contributed by atoms with Gasteiger partial charge in [-0.2, -0.15) is 4.98 Å². The highest BCUT2D eigenvalue weighted by atomic mass is 16.5. The van der Waals surface area contributed by atoms with Gasteiger partial charge in [0.25, 0.3) is 5.89 Å². The highest BCUT2D eigenvalue weighted by molar-refractivity contribution is 5.98. The van der Waals surface area contributed by atoms with E-state index in [9.17, 15) is 4.79 Å². The number of pyridine rings is 1. The number of benzene rings is 1. The monoisotopic (exact) mass is 395 g/mol. The van der Waals surface area contributed by atoms with Crippen LogP contribution in [0.15, 0.2) is 34.9 Å². The quantitative estimate of drug-likeness (QED) is 0.679. The molecule has 29 heavy (non-hydrogen) atoms. The van der Waals surface area contributed by atoms with Crippen LogP contribution in [0, 0.1) is 6.92 Å². The molecule has 1 N–H and O–H groups in total. The molecule has 150 valence electrons. The number of nitrogens with one attached hydrogen (secondary N) is 1. The Morgan fingerprint density at radius 2 is 2.07 bits per heavy atom. The van der Waals surface area contributed by atoms with E-state index in [0.29, 0.717) is 42.0 Å². The van der Waals surface area contributed by atoms with Crippen LogP contribution < -0.4 is 19.7 Å². The third kappa shape index (κ3) is 3.71. The number of carbonyl (C=O) groups is 1. The van der Waals surface area contributed by atoms with Crippen LogP contribution in [-0.2, 0) is 11.2 Å². The lowest BCUT2D eigenvalue weighted by atomic mass is 10.2. The zero-order chi connectivity index (χ0) is 20.4. The van der Waals surface area contributed by atoms with Crippen molar-refractivity contribution in [2.75, 3.05) is 37.5 Å². The van der Waals surface area contributed by atoms with Gasteiger partial charge in [-0.25, -0.2) is 4.98 Å². The Hall–Kier alpha value is -3.62. The van der Waals surface area contributed by atoms with Crippen molar-refractivity contribution in [2.45, 2.75) is 13.3 Å². The number of ether oxygens (including phenoxy) is 2. The minimum Gasteiger partial charge on any atom is -0.495 e. The minimum absolute atomic E-state index is 0.0585. The van der Waals surface area contributed by atoms with E-state index < -0.39 is 0 Å². The van der Waals surface area contributed by atoms with E-state index in [4.69, 9.17) is 14.0 Å². The maximum absolute atomic E-state index is 12.8. The molecule has 0 saturated heterocycles. The van der Waals surface area contributed by atoms with E-state index in [2.05, 4.69) is 20.4 Å². The maximum atomic E-state index is 12.8. The normalized spacial score (nSPS) is 12.6. The first kappa shape index (κ1) is 18.7. The molecule has 3 heterocycles. The van der Waals surface area contributed by atoms with Gasteiger partial charge in [-0.3, -0.25) is 4.79 Å². The number of carbonyl (C=O) groups excluding carboxylic acids is 1. The largest absolute Gasteiger partial charge is 0.495 e. The lowest BCUT2D eigenvalue weighted by Gasteiger charge is -2.18. The van der Waals surface area contributed by atoms with Crippen LogP contribution in [0.25, 0.3) is 11.5 Å². The van der Waals surface area contributed by atoms with Crippen LogP contribution in [0.3, 0.4) is 0 Å². The predicted molar refractivity (Wildman–Crippen MR) is 106 cm³/mol. The van der Waals surface area contributed by atoms with Crippen LogP contribution in [-0.4, -0.2) is 48.3 Å². The molecule has 1 aliphatic rings. The van der Waals surface area contributed by atoms with Crippen molar-refractivity contribution in [3.05, 3.63) is 41.9 Å². The van der Waals surface area contributed by atoms with Crippen LogP contribution in [0.4, 0.5) is 11.4 Å². The molecule has 3 aromatic rings. The number of hydrogen-bond acceptors (Lipinski definition) is 8. The molecule has 0 spiro atoms. The Morgan fingerprint density at radius 3 is 2.79 bits per heavy atom. The zero-order valence-corrected chi connectivity index (χ0v) is 16.4. The number of aromatic nitrogens is 3. The third-order valence-electron chi connectivity index (χ3n) is 4.70. The molecule has 0 saturated carbocycles. The summed E-state index contributed by atoms with van der Waals surface area (Å²) < 4.78 is 15.8. The van der Waals surface area contributed by atoms with Crippen LogP contribution in [0.1, 0.15) is 11.5 Å². The fourth-order valence-corrected chi connectivity index (χ4v) is 3.27. The van der Waals surface area contributed by atoms with E-state index >= 15 is 0 Å². The summed E-state index contributed by atoms with van der Waals surface area (Å²) in [6, 6.07) is 9.07. The van der Waals surface area contributed by atoms with Gasteiger partial charge in [0.05, 0.1) is 37.8 Å². The first-order valence-corrected chi connectivity index (χ1v) is 9.16. The molecular formula is C20H21N5O4. The second kappa shape index (κ2) is 7.78. The Balaban J connectivity index is 1.50. The lowest BCUT2D eigenvalue weighted by Crippen LogP contribution is -2.34. The predicted octanol–water partition coefficient (Wildman–Crippen LogP) is 2.46. The molecule has 9 nitrogen and oxygen atoms in total. The first-order chi connectivity index (χ1) is 14.1. The minimum atomic E-state index is -0.0585. The smallest absolute Gasteiger partial charge is 0.257 e. The van der Waals surface area contributed by atoms with Gasteiger partial charge < -0.3 is 24.2 Å². The molecule has 2 aromatic heterocycles. The summed E-state index contributed by atoms with van der Waals surface area (Å²) in [4.78, 5) is 23.2. The molecule has 0 aliphatic carbocycles. The van der Waals surface area contributed by atoms with Crippen LogP contribution >= 0.6 is 0 Å². The molecule has 9 heteroatoms. The van der Waals surface area contributed by atoms with Crippen molar-refractivity contribution in [1.29, 1.82) is 0 Å². The van der Waals surface area contributed by atoms with Crippen LogP contribution in [0.5, 0.6) is 11.6 Å². The van der Waals surface area contributed by atoms with Gasteiger partial charge in [0.1, 0.15) is 5.75 Å². The SMILES string of the molecule is COc1ccc2c(n1)CCN2C(=O)CNc1cc(-c2nc(C)no2)ccc1OC. The fraction of sp³-hybridized carbons (Fsp3) is 0.300. The van der Waals surface area contributed by atoms with Gasteiger partial charge in [-0.05, 0) is 31.2 Å². The first-order valence-electron chi connectivity index (χ1n) is 9.16. The molecule has 0 fully saturated rings. The van der Waals surface area contributed by atoms with Crippen molar-refractivity contribution >= 4 is 17.3 Å². The second-order valence-electron chi connectivity index (χ2n) is 6.53. The topological polar surface area (TPSA) is 103 Å². The summed E-state index contributed by atoms with van der Waals surface area (Å²) in [5.41, 5.74) is 3.09. The molecule has 4 rings (SSSR count). The molecule has 1 aliphatic heterocycles. The average Bonchev–Trinajstić information content (AvgIpc) is 3.37. The summed E-state index contributed by atoms with van der Waals surface area (Å²) in [6.45, 7) is 2.45. The molecule has 0 atom stereocenters. The van der Waals surface area contributed by atoms with Crippen molar-refractivity contribution in [3.8, 4) is 23.1 Å². The van der Waals surface area contributed by atoms with Crippen molar-refractivity contribution in [3.63, 3.8) is 0 Å². The molecule has 0 radical (unpaired) electrons. The maximum Gasteiger partial charge on any atom is 0.257 e. The average molecular weight is 395 g/mol. The number of methoxy groups -OCH3 is 2. The van der Waals surface area contributed by atoms with Gasteiger partial charge in [0.15, 0.2) is 5.82 Å². The standard InChI is InChI=1S/C20H21N5O4/c1-12-22-20(29-24-12)13-4-6-17(27-2)15(10-13)21-11-19(26)25-9-8-14-16(25)5-7-18(23-14)28-3/h4-7,10,21H,8-9,11H2,1-3H3. The number of aryl methyl sites for hydroxylation is 1. The molecular weight excluding hydrogens is 374 g/mol. The van der Waals surface area contributed by atoms with Crippen molar-refractivity contribution in [2.24, 2.45) is 0 Å². The van der Waals surface area contributed by atoms with Gasteiger partial charge in [-0.15, -0.1) is 0 Å². The van der Waals surface area contributed by atoms with Gasteiger partial charge in [0.2, 0.25) is 11.8 Å². The summed E-state index contributed by atoms with van der Waals surface area (Å²) in [5, 5.41) is 6.97. The molecule has 0 unspecified atom stereocenters. The molecule has 0 bridgehead atoms.